The van der Waals surface area contributed by atoms with E-state index >= 15 is 0 Å². The van der Waals surface area contributed by atoms with E-state index in [0.29, 0.717) is 6.54 Å². The number of nitrogens with one attached hydrogen (secondary N) is 1. The Morgan fingerprint density at radius 1 is 1.06 bits per heavy atom. The lowest BCUT2D eigenvalue weighted by atomic mass is 10.1. The molecule has 2 saturated heterocycles. The number of rotatable bonds is 9. The van der Waals surface area contributed by atoms with Crippen molar-refractivity contribution in [3.63, 3.8) is 0 Å². The largest absolute Gasteiger partial charge is 0.496 e. The van der Waals surface area contributed by atoms with Gasteiger partial charge < -0.3 is 29.3 Å². The third-order valence-corrected chi connectivity index (χ3v) is 6.08. The monoisotopic (exact) mass is 546 g/mol. The normalized spacial score (nSPS) is 19.3. The van der Waals surface area contributed by atoms with Crippen LogP contribution in [-0.4, -0.2) is 82.9 Å². The van der Waals surface area contributed by atoms with Crippen molar-refractivity contribution in [1.29, 1.82) is 0 Å². The number of hydrogen-bond acceptors (Lipinski definition) is 5. The van der Waals surface area contributed by atoms with Crippen LogP contribution in [0.25, 0.3) is 0 Å². The van der Waals surface area contributed by atoms with Gasteiger partial charge in [-0.2, -0.15) is 0 Å². The van der Waals surface area contributed by atoms with E-state index in [2.05, 4.69) is 22.0 Å². The average molecular weight is 546 g/mol. The molecule has 0 amide bonds. The fraction of sp³-hybridized carbons (Fsp3) is 0.696. The summed E-state index contributed by atoms with van der Waals surface area (Å²) >= 11 is 0. The van der Waals surface area contributed by atoms with Crippen molar-refractivity contribution in [3.8, 4) is 17.2 Å². The van der Waals surface area contributed by atoms with Crippen LogP contribution in [0.5, 0.6) is 17.2 Å². The molecule has 1 unspecified atom stereocenters. The van der Waals surface area contributed by atoms with Gasteiger partial charge in [-0.25, -0.2) is 0 Å². The predicted molar refractivity (Wildman–Crippen MR) is 137 cm³/mol. The summed E-state index contributed by atoms with van der Waals surface area (Å²) in [6.45, 7) is 9.64. The Labute approximate surface area is 204 Å². The Kier molecular flexibility index (Phi) is 11.0. The van der Waals surface area contributed by atoms with E-state index in [1.807, 2.05) is 12.1 Å². The van der Waals surface area contributed by atoms with E-state index in [4.69, 9.17) is 19.2 Å². The number of methoxy groups -OCH3 is 3. The Balaban J connectivity index is 0.00000341. The fourth-order valence-electron chi connectivity index (χ4n) is 4.53. The standard InChI is InChI=1S/C23H38N4O3.HI/c1-5-24-23(27-13-9-18(17-27)16-26-11-6-7-12-26)25-10-8-20-21(29-3)14-19(28-2)15-22(20)30-4;/h14-15,18H,5-13,16-17H2,1-4H3,(H,24,25);1H. The minimum absolute atomic E-state index is 0. The van der Waals surface area contributed by atoms with E-state index in [9.17, 15) is 0 Å². The number of nitrogens with zero attached hydrogens (tertiary/aromatic N) is 3. The van der Waals surface area contributed by atoms with Crippen LogP contribution in [0.1, 0.15) is 31.7 Å². The quantitative estimate of drug-likeness (QED) is 0.292. The van der Waals surface area contributed by atoms with Crippen LogP contribution in [0.15, 0.2) is 17.1 Å². The smallest absolute Gasteiger partial charge is 0.193 e. The van der Waals surface area contributed by atoms with Crippen LogP contribution in [0.4, 0.5) is 0 Å². The molecule has 0 radical (unpaired) electrons. The van der Waals surface area contributed by atoms with Crippen LogP contribution in [0, 0.1) is 5.92 Å². The maximum atomic E-state index is 5.57. The van der Waals surface area contributed by atoms with Gasteiger partial charge in [0.15, 0.2) is 5.96 Å². The van der Waals surface area contributed by atoms with Crippen molar-refractivity contribution in [3.05, 3.63) is 17.7 Å². The number of hydrogen-bond donors (Lipinski definition) is 1. The second-order valence-corrected chi connectivity index (χ2v) is 8.10. The molecule has 0 aromatic heterocycles. The molecule has 176 valence electrons. The molecule has 2 aliphatic rings. The molecular formula is C23H39IN4O3. The molecule has 1 N–H and O–H groups in total. The van der Waals surface area contributed by atoms with Crippen LogP contribution >= 0.6 is 24.0 Å². The third-order valence-electron chi connectivity index (χ3n) is 6.08. The minimum atomic E-state index is 0. The van der Waals surface area contributed by atoms with E-state index in [1.54, 1.807) is 21.3 Å². The molecule has 3 rings (SSSR count). The maximum absolute atomic E-state index is 5.57. The van der Waals surface area contributed by atoms with Gasteiger partial charge in [0.05, 0.1) is 21.3 Å². The summed E-state index contributed by atoms with van der Waals surface area (Å²) < 4.78 is 16.5. The number of benzene rings is 1. The van der Waals surface area contributed by atoms with Crippen molar-refractivity contribution in [2.45, 2.75) is 32.6 Å². The van der Waals surface area contributed by atoms with Gasteiger partial charge in [-0.3, -0.25) is 4.99 Å². The first-order chi connectivity index (χ1) is 14.7. The van der Waals surface area contributed by atoms with Crippen molar-refractivity contribution >= 4 is 29.9 Å². The van der Waals surface area contributed by atoms with Crippen LogP contribution < -0.4 is 19.5 Å². The van der Waals surface area contributed by atoms with Gasteiger partial charge in [0, 0.05) is 50.4 Å². The summed E-state index contributed by atoms with van der Waals surface area (Å²) in [6.07, 6.45) is 4.72. The van der Waals surface area contributed by atoms with Crippen molar-refractivity contribution < 1.29 is 14.2 Å². The Morgan fingerprint density at radius 3 is 2.32 bits per heavy atom. The summed E-state index contributed by atoms with van der Waals surface area (Å²) in [5.41, 5.74) is 1.02. The molecule has 2 heterocycles. The summed E-state index contributed by atoms with van der Waals surface area (Å²) in [7, 11) is 5.00. The van der Waals surface area contributed by atoms with Crippen molar-refractivity contribution in [2.24, 2.45) is 10.9 Å². The average Bonchev–Trinajstić information content (AvgIpc) is 3.45. The van der Waals surface area contributed by atoms with Crippen LogP contribution in [-0.2, 0) is 6.42 Å². The molecular weight excluding hydrogens is 507 g/mol. The lowest BCUT2D eigenvalue weighted by molar-refractivity contribution is 0.281. The second-order valence-electron chi connectivity index (χ2n) is 8.10. The molecule has 8 heteroatoms. The predicted octanol–water partition coefficient (Wildman–Crippen LogP) is 3.26. The first-order valence-corrected chi connectivity index (χ1v) is 11.2. The van der Waals surface area contributed by atoms with Crippen molar-refractivity contribution in [2.75, 3.05) is 67.1 Å². The molecule has 1 aromatic rings. The zero-order valence-electron chi connectivity index (χ0n) is 19.5. The van der Waals surface area contributed by atoms with Gasteiger partial charge in [0.2, 0.25) is 0 Å². The number of ether oxygens (including phenoxy) is 3. The molecule has 0 saturated carbocycles. The highest BCUT2D eigenvalue weighted by Crippen LogP contribution is 2.34. The van der Waals surface area contributed by atoms with Crippen molar-refractivity contribution in [1.82, 2.24) is 15.1 Å². The molecule has 31 heavy (non-hydrogen) atoms. The lowest BCUT2D eigenvalue weighted by Crippen LogP contribution is -2.41. The molecule has 2 fully saturated rings. The Morgan fingerprint density at radius 2 is 1.74 bits per heavy atom. The number of likely N-dealkylation sites (tertiary alicyclic amines) is 2. The maximum Gasteiger partial charge on any atom is 0.193 e. The molecule has 7 nitrogen and oxygen atoms in total. The van der Waals surface area contributed by atoms with Gasteiger partial charge in [-0.05, 0) is 51.6 Å². The minimum Gasteiger partial charge on any atom is -0.496 e. The number of aliphatic imine (C=N–C) groups is 1. The number of guanidine groups is 1. The zero-order chi connectivity index (χ0) is 21.3. The third kappa shape index (κ3) is 7.03. The highest BCUT2D eigenvalue weighted by atomic mass is 127. The highest BCUT2D eigenvalue weighted by Gasteiger charge is 2.27. The van der Waals surface area contributed by atoms with Crippen LogP contribution in [0.2, 0.25) is 0 Å². The van der Waals surface area contributed by atoms with E-state index in [-0.39, 0.29) is 24.0 Å². The van der Waals surface area contributed by atoms with Gasteiger partial charge in [-0.1, -0.05) is 0 Å². The van der Waals surface area contributed by atoms with E-state index in [1.165, 1.54) is 38.9 Å². The molecule has 1 aromatic carbocycles. The SMILES string of the molecule is CCNC(=NCCc1c(OC)cc(OC)cc1OC)N1CCC(CN2CCCC2)C1.I. The number of halogens is 1. The molecule has 0 bridgehead atoms. The van der Waals surface area contributed by atoms with Gasteiger partial charge >= 0.3 is 0 Å². The summed E-state index contributed by atoms with van der Waals surface area (Å²) in [6, 6.07) is 3.80. The van der Waals surface area contributed by atoms with Gasteiger partial charge in [0.1, 0.15) is 17.2 Å². The molecule has 0 spiro atoms. The summed E-state index contributed by atoms with van der Waals surface area (Å²) in [5.74, 6) is 4.04. The zero-order valence-corrected chi connectivity index (χ0v) is 21.8. The Hall–Kier alpha value is -1.42. The van der Waals surface area contributed by atoms with Crippen LogP contribution in [0.3, 0.4) is 0 Å². The fourth-order valence-corrected chi connectivity index (χ4v) is 4.53. The first-order valence-electron chi connectivity index (χ1n) is 11.2. The van der Waals surface area contributed by atoms with E-state index in [0.717, 1.165) is 60.7 Å². The topological polar surface area (TPSA) is 58.6 Å². The second kappa shape index (κ2) is 13.2. The Bertz CT molecular complexity index is 685. The molecule has 1 atom stereocenters. The van der Waals surface area contributed by atoms with Gasteiger partial charge in [-0.15, -0.1) is 24.0 Å². The highest BCUT2D eigenvalue weighted by molar-refractivity contribution is 14.0. The molecule has 2 aliphatic heterocycles. The summed E-state index contributed by atoms with van der Waals surface area (Å²) in [4.78, 5) is 9.97. The van der Waals surface area contributed by atoms with Gasteiger partial charge in [0.25, 0.3) is 0 Å². The lowest BCUT2D eigenvalue weighted by Gasteiger charge is -2.23. The first kappa shape index (κ1) is 25.8. The summed E-state index contributed by atoms with van der Waals surface area (Å²) in [5, 5.41) is 3.48. The molecule has 0 aliphatic carbocycles. The van der Waals surface area contributed by atoms with E-state index < -0.39 is 0 Å².